The van der Waals surface area contributed by atoms with E-state index in [1.54, 1.807) is 19.1 Å². The van der Waals surface area contributed by atoms with E-state index in [0.717, 1.165) is 16.5 Å². The zero-order chi connectivity index (χ0) is 34.7. The second-order valence-electron chi connectivity index (χ2n) is 13.1. The Bertz CT molecular complexity index is 1740. The molecule has 4 amide bonds. The Morgan fingerprint density at radius 1 is 1.00 bits per heavy atom. The first-order valence-electron chi connectivity index (χ1n) is 15.9. The minimum absolute atomic E-state index is 0.00473. The lowest BCUT2D eigenvalue weighted by atomic mass is 9.51. The summed E-state index contributed by atoms with van der Waals surface area (Å²) < 4.78 is 25.0. The zero-order valence-corrected chi connectivity index (χ0v) is 27.5. The van der Waals surface area contributed by atoms with Crippen molar-refractivity contribution in [1.82, 2.24) is 4.90 Å². The lowest BCUT2D eigenvalue weighted by Crippen LogP contribution is -2.48. The van der Waals surface area contributed by atoms with Gasteiger partial charge in [0.1, 0.15) is 5.82 Å². The number of phenolic OH excluding ortho intramolecular Hbond substituents is 1. The Hall–Kier alpha value is -4.45. The number of hydrogen-bond donors (Lipinski definition) is 2. The number of halogens is 2. The smallest absolute Gasteiger partial charge is 0.303 e. The highest BCUT2D eigenvalue weighted by molar-refractivity contribution is 6.31. The predicted octanol–water partition coefficient (Wildman–Crippen LogP) is 5.08. The van der Waals surface area contributed by atoms with Crippen LogP contribution in [0.15, 0.2) is 42.0 Å². The van der Waals surface area contributed by atoms with Crippen LogP contribution in [0.1, 0.15) is 56.9 Å². The average molecular weight is 683 g/mol. The Morgan fingerprint density at radius 3 is 2.31 bits per heavy atom. The molecule has 0 spiro atoms. The number of likely N-dealkylation sites (tertiary alicyclic amines) is 1. The van der Waals surface area contributed by atoms with Crippen LogP contribution in [0, 0.1) is 34.9 Å². The van der Waals surface area contributed by atoms with Crippen LogP contribution in [-0.4, -0.2) is 65.5 Å². The Kier molecular flexibility index (Phi) is 8.74. The van der Waals surface area contributed by atoms with E-state index in [0.29, 0.717) is 24.8 Å². The SMILES string of the molecule is COc1cc(C2C3=CCC4C(=O)N(CCCCCC(=O)O)C(=O)C4C3CC3C(=O)N(c4ccc(F)c(Cl)c4)C(=O)C32C)cc(OC)c1O. The van der Waals surface area contributed by atoms with E-state index < -0.39 is 58.6 Å². The van der Waals surface area contributed by atoms with Crippen molar-refractivity contribution in [3.63, 3.8) is 0 Å². The highest BCUT2D eigenvalue weighted by Gasteiger charge is 2.67. The number of methoxy groups -OCH3 is 2. The molecule has 0 bridgehead atoms. The second kappa shape index (κ2) is 12.5. The zero-order valence-electron chi connectivity index (χ0n) is 26.7. The van der Waals surface area contributed by atoms with Gasteiger partial charge in [0.05, 0.1) is 48.1 Å². The van der Waals surface area contributed by atoms with Gasteiger partial charge in [-0.1, -0.05) is 29.7 Å². The molecule has 2 heterocycles. The molecule has 6 unspecified atom stereocenters. The minimum atomic E-state index is -1.39. The molecule has 4 aliphatic rings. The van der Waals surface area contributed by atoms with Crippen LogP contribution in [0.2, 0.25) is 5.02 Å². The second-order valence-corrected chi connectivity index (χ2v) is 13.5. The van der Waals surface area contributed by atoms with Crippen LogP contribution >= 0.6 is 11.6 Å². The maximum Gasteiger partial charge on any atom is 0.303 e. The van der Waals surface area contributed by atoms with E-state index >= 15 is 0 Å². The molecule has 2 saturated heterocycles. The van der Waals surface area contributed by atoms with Crippen LogP contribution in [0.5, 0.6) is 17.2 Å². The topological polar surface area (TPSA) is 151 Å². The molecular weight excluding hydrogens is 647 g/mol. The van der Waals surface area contributed by atoms with Gasteiger partial charge >= 0.3 is 5.97 Å². The number of imide groups is 2. The number of phenols is 1. The molecule has 1 saturated carbocycles. The van der Waals surface area contributed by atoms with Gasteiger partial charge in [0, 0.05) is 18.9 Å². The van der Waals surface area contributed by atoms with E-state index in [9.17, 15) is 33.5 Å². The van der Waals surface area contributed by atoms with Crippen molar-refractivity contribution in [2.45, 2.75) is 51.4 Å². The van der Waals surface area contributed by atoms with Crippen molar-refractivity contribution in [2.75, 3.05) is 25.7 Å². The van der Waals surface area contributed by atoms with Crippen LogP contribution in [0.4, 0.5) is 10.1 Å². The first kappa shape index (κ1) is 33.5. The quantitative estimate of drug-likeness (QED) is 0.199. The Balaban J connectivity index is 1.43. The summed E-state index contributed by atoms with van der Waals surface area (Å²) >= 11 is 6.07. The predicted molar refractivity (Wildman–Crippen MR) is 170 cm³/mol. The summed E-state index contributed by atoms with van der Waals surface area (Å²) in [5.41, 5.74) is -0.0389. The van der Waals surface area contributed by atoms with Gasteiger partial charge in [0.25, 0.3) is 0 Å². The fraction of sp³-hybridized carbons (Fsp3) is 0.457. The highest BCUT2D eigenvalue weighted by atomic mass is 35.5. The van der Waals surface area contributed by atoms with Gasteiger partial charge in [-0.25, -0.2) is 9.29 Å². The van der Waals surface area contributed by atoms with Crippen molar-refractivity contribution in [2.24, 2.45) is 29.1 Å². The van der Waals surface area contributed by atoms with E-state index in [1.807, 2.05) is 6.08 Å². The van der Waals surface area contributed by atoms with Crippen molar-refractivity contribution in [3.05, 3.63) is 58.4 Å². The van der Waals surface area contributed by atoms with Gasteiger partial charge in [0.15, 0.2) is 11.5 Å². The van der Waals surface area contributed by atoms with Crippen molar-refractivity contribution in [3.8, 4) is 17.2 Å². The normalized spacial score (nSPS) is 27.9. The van der Waals surface area contributed by atoms with Crippen molar-refractivity contribution in [1.29, 1.82) is 0 Å². The number of rotatable bonds is 10. The number of carbonyl (C=O) groups is 5. The van der Waals surface area contributed by atoms with E-state index in [2.05, 4.69) is 0 Å². The van der Waals surface area contributed by atoms with Gasteiger partial charge in [0.2, 0.25) is 29.4 Å². The average Bonchev–Trinajstić information content (AvgIpc) is 3.41. The van der Waals surface area contributed by atoms with Crippen LogP contribution < -0.4 is 14.4 Å². The number of ether oxygens (including phenoxy) is 2. The number of carboxylic acid groups (broad SMARTS) is 1. The lowest BCUT2D eigenvalue weighted by Gasteiger charge is -2.49. The molecule has 0 radical (unpaired) electrons. The molecule has 11 nitrogen and oxygen atoms in total. The number of amides is 4. The third-order valence-corrected chi connectivity index (χ3v) is 10.9. The number of carbonyl (C=O) groups excluding carboxylic acids is 4. The molecule has 6 atom stereocenters. The molecule has 0 aromatic heterocycles. The molecular formula is C35H36ClFN2O9. The number of unbranched alkanes of at least 4 members (excludes halogenated alkanes) is 2. The molecule has 2 N–H and O–H groups in total. The number of carboxylic acids is 1. The van der Waals surface area contributed by atoms with E-state index in [4.69, 9.17) is 26.2 Å². The molecule has 254 valence electrons. The van der Waals surface area contributed by atoms with Crippen LogP contribution in [0.25, 0.3) is 0 Å². The maximum atomic E-state index is 14.6. The standard InChI is InChI=1S/C35H36ClFN2O9/c1-35-22(32(44)39(34(35)46)18-8-11-24(37)23(36)15-18)16-21-19(29(35)17-13-25(47-2)30(42)26(14-17)48-3)9-10-20-28(21)33(45)38(31(20)43)12-6-4-5-7-27(40)41/h8-9,11,13-15,20-22,28-29,42H,4-7,10,12,16H2,1-3H3,(H,40,41). The number of allylic oxidation sites excluding steroid dienone is 2. The van der Waals surface area contributed by atoms with Crippen LogP contribution in [-0.2, 0) is 24.0 Å². The van der Waals surface area contributed by atoms with E-state index in [1.165, 1.54) is 31.3 Å². The number of anilines is 1. The third-order valence-electron chi connectivity index (χ3n) is 10.6. The van der Waals surface area contributed by atoms with E-state index in [-0.39, 0.29) is 65.6 Å². The van der Waals surface area contributed by atoms with Gasteiger partial charge in [-0.05, 0) is 74.4 Å². The van der Waals surface area contributed by atoms with Gasteiger partial charge < -0.3 is 19.7 Å². The minimum Gasteiger partial charge on any atom is -0.502 e. The number of aromatic hydroxyl groups is 1. The summed E-state index contributed by atoms with van der Waals surface area (Å²) in [5.74, 6) is -7.10. The molecule has 2 aromatic carbocycles. The van der Waals surface area contributed by atoms with Gasteiger partial charge in [-0.3, -0.25) is 28.9 Å². The third kappa shape index (κ3) is 5.12. The summed E-state index contributed by atoms with van der Waals surface area (Å²) in [7, 11) is 2.75. The first-order chi connectivity index (χ1) is 22.8. The van der Waals surface area contributed by atoms with Crippen molar-refractivity contribution >= 4 is 46.9 Å². The number of benzene rings is 2. The monoisotopic (exact) mass is 682 g/mol. The Labute approximate surface area is 281 Å². The lowest BCUT2D eigenvalue weighted by molar-refractivity contribution is -0.141. The fourth-order valence-corrected chi connectivity index (χ4v) is 8.53. The molecule has 48 heavy (non-hydrogen) atoms. The van der Waals surface area contributed by atoms with Crippen LogP contribution in [0.3, 0.4) is 0 Å². The van der Waals surface area contributed by atoms with Crippen molar-refractivity contribution < 1.29 is 48.0 Å². The number of nitrogens with zero attached hydrogens (tertiary/aromatic N) is 2. The summed E-state index contributed by atoms with van der Waals surface area (Å²) in [4.78, 5) is 69.7. The number of fused-ring (bicyclic) bond motifs is 4. The maximum absolute atomic E-state index is 14.6. The molecule has 2 aliphatic heterocycles. The molecule has 2 aromatic rings. The largest absolute Gasteiger partial charge is 0.502 e. The van der Waals surface area contributed by atoms with Gasteiger partial charge in [-0.15, -0.1) is 0 Å². The van der Waals surface area contributed by atoms with Gasteiger partial charge in [-0.2, -0.15) is 0 Å². The first-order valence-corrected chi connectivity index (χ1v) is 16.3. The Morgan fingerprint density at radius 2 is 1.69 bits per heavy atom. The number of hydrogen-bond acceptors (Lipinski definition) is 8. The summed E-state index contributed by atoms with van der Waals surface area (Å²) in [5, 5.41) is 19.4. The highest BCUT2D eigenvalue weighted by Crippen LogP contribution is 2.64. The molecule has 2 aliphatic carbocycles. The summed E-state index contributed by atoms with van der Waals surface area (Å²) in [6.45, 7) is 1.87. The molecule has 13 heteroatoms. The number of aliphatic carboxylic acids is 1. The summed E-state index contributed by atoms with van der Waals surface area (Å²) in [6, 6.07) is 6.79. The summed E-state index contributed by atoms with van der Waals surface area (Å²) in [6.07, 6.45) is 3.71. The fourth-order valence-electron chi connectivity index (χ4n) is 8.35. The molecule has 3 fully saturated rings. The molecule has 6 rings (SSSR count).